The highest BCUT2D eigenvalue weighted by Crippen LogP contribution is 2.09. The fourth-order valence-electron chi connectivity index (χ4n) is 0.872. The van der Waals surface area contributed by atoms with Gasteiger partial charge in [0, 0.05) is 0 Å². The normalized spacial score (nSPS) is 12.5. The number of hydrogen-bond donors (Lipinski definition) is 1. The average molecular weight is 194 g/mol. The maximum Gasteiger partial charge on any atom is 0.404 e. The minimum absolute atomic E-state index is 0.0935. The molecule has 3 nitrogen and oxygen atoms in total. The molecule has 1 amide bonds. The van der Waals surface area contributed by atoms with Gasteiger partial charge in [0.2, 0.25) is 0 Å². The molecule has 0 aromatic heterocycles. The molecule has 0 aliphatic carbocycles. The topological polar surface area (TPSA) is 52.3 Å². The second-order valence-corrected chi connectivity index (χ2v) is 3.34. The Hall–Kier alpha value is -0.440. The van der Waals surface area contributed by atoms with Crippen LogP contribution in [-0.4, -0.2) is 18.1 Å². The van der Waals surface area contributed by atoms with E-state index in [2.05, 4.69) is 11.7 Å². The van der Waals surface area contributed by atoms with E-state index in [4.69, 9.17) is 17.3 Å². The molecule has 0 rings (SSSR count). The van der Waals surface area contributed by atoms with Crippen molar-refractivity contribution < 1.29 is 9.53 Å². The largest absolute Gasteiger partial charge is 0.448 e. The van der Waals surface area contributed by atoms with Crippen molar-refractivity contribution in [1.29, 1.82) is 0 Å². The molecule has 0 fully saturated rings. The van der Waals surface area contributed by atoms with Gasteiger partial charge in [0.05, 0.1) is 5.38 Å². The third-order valence-corrected chi connectivity index (χ3v) is 1.87. The maximum absolute atomic E-state index is 10.2. The number of nitrogens with two attached hydrogens (primary N) is 1. The Bertz CT molecular complexity index is 130. The van der Waals surface area contributed by atoms with Crippen molar-refractivity contribution in [2.45, 2.75) is 38.0 Å². The minimum Gasteiger partial charge on any atom is -0.448 e. The maximum atomic E-state index is 10.2. The molecule has 0 saturated heterocycles. The first-order valence-corrected chi connectivity index (χ1v) is 4.66. The Morgan fingerprint density at radius 3 is 2.75 bits per heavy atom. The molecule has 0 aliphatic rings. The van der Waals surface area contributed by atoms with Crippen molar-refractivity contribution in [3.8, 4) is 0 Å². The summed E-state index contributed by atoms with van der Waals surface area (Å²) in [6.45, 7) is 2.35. The molecule has 4 heteroatoms. The molecule has 0 bridgehead atoms. The lowest BCUT2D eigenvalue weighted by molar-refractivity contribution is 0.155. The van der Waals surface area contributed by atoms with Gasteiger partial charge in [-0.2, -0.15) is 0 Å². The zero-order chi connectivity index (χ0) is 9.40. The quantitative estimate of drug-likeness (QED) is 0.520. The molecular formula is C8H16ClNO2. The monoisotopic (exact) mass is 193 g/mol. The molecule has 0 radical (unpaired) electrons. The highest BCUT2D eigenvalue weighted by atomic mass is 35.5. The number of carbonyl (C=O) groups is 1. The molecule has 0 aromatic rings. The first-order chi connectivity index (χ1) is 5.66. The highest BCUT2D eigenvalue weighted by molar-refractivity contribution is 6.20. The van der Waals surface area contributed by atoms with E-state index in [0.29, 0.717) is 0 Å². The summed E-state index contributed by atoms with van der Waals surface area (Å²) in [5, 5.41) is -0.0935. The Labute approximate surface area is 78.2 Å². The summed E-state index contributed by atoms with van der Waals surface area (Å²) < 4.78 is 4.54. The molecule has 2 N–H and O–H groups in total. The predicted molar refractivity (Wildman–Crippen MR) is 49.3 cm³/mol. The fourth-order valence-corrected chi connectivity index (χ4v) is 1.09. The van der Waals surface area contributed by atoms with Crippen LogP contribution in [0.2, 0.25) is 0 Å². The van der Waals surface area contributed by atoms with Crippen molar-refractivity contribution >= 4 is 17.7 Å². The molecule has 12 heavy (non-hydrogen) atoms. The molecular weight excluding hydrogens is 178 g/mol. The Morgan fingerprint density at radius 1 is 1.58 bits per heavy atom. The van der Waals surface area contributed by atoms with Gasteiger partial charge in [-0.1, -0.05) is 26.2 Å². The molecule has 0 spiro atoms. The van der Waals surface area contributed by atoms with Crippen LogP contribution in [0, 0.1) is 0 Å². The Balaban J connectivity index is 3.21. The lowest BCUT2D eigenvalue weighted by Gasteiger charge is -2.07. The molecule has 0 saturated carbocycles. The summed E-state index contributed by atoms with van der Waals surface area (Å²) in [5.41, 5.74) is 4.78. The van der Waals surface area contributed by atoms with Gasteiger partial charge in [0.1, 0.15) is 6.61 Å². The van der Waals surface area contributed by atoms with Crippen LogP contribution >= 0.6 is 11.6 Å². The molecule has 0 heterocycles. The van der Waals surface area contributed by atoms with Crippen LogP contribution in [0.3, 0.4) is 0 Å². The lowest BCUT2D eigenvalue weighted by atomic mass is 10.2. The number of rotatable bonds is 6. The summed E-state index contributed by atoms with van der Waals surface area (Å²) in [7, 11) is 0. The smallest absolute Gasteiger partial charge is 0.404 e. The van der Waals surface area contributed by atoms with Crippen LogP contribution in [0.15, 0.2) is 0 Å². The van der Waals surface area contributed by atoms with E-state index in [0.717, 1.165) is 12.8 Å². The van der Waals surface area contributed by atoms with Gasteiger partial charge in [0.15, 0.2) is 0 Å². The predicted octanol–water partition coefficient (Wildman–Crippen LogP) is 2.27. The van der Waals surface area contributed by atoms with Gasteiger partial charge in [0.25, 0.3) is 0 Å². The van der Waals surface area contributed by atoms with Gasteiger partial charge in [-0.05, 0) is 6.42 Å². The van der Waals surface area contributed by atoms with E-state index in [1.54, 1.807) is 0 Å². The standard InChI is InChI=1S/C8H16ClNO2/c1-2-3-4-5-7(9)6-12-8(10)11/h7H,2-6H2,1H3,(H2,10,11). The van der Waals surface area contributed by atoms with E-state index < -0.39 is 6.09 Å². The number of alkyl halides is 1. The molecule has 1 unspecified atom stereocenters. The number of halogens is 1. The molecule has 0 aromatic carbocycles. The number of hydrogen-bond acceptors (Lipinski definition) is 2. The number of ether oxygens (including phenoxy) is 1. The second-order valence-electron chi connectivity index (χ2n) is 2.72. The number of primary amides is 1. The van der Waals surface area contributed by atoms with Crippen LogP contribution in [0.1, 0.15) is 32.6 Å². The number of carbonyl (C=O) groups excluding carboxylic acids is 1. The van der Waals surface area contributed by atoms with Crippen LogP contribution in [-0.2, 0) is 4.74 Å². The zero-order valence-electron chi connectivity index (χ0n) is 7.38. The van der Waals surface area contributed by atoms with Crippen molar-refractivity contribution in [2.75, 3.05) is 6.61 Å². The number of unbranched alkanes of at least 4 members (excludes halogenated alkanes) is 2. The highest BCUT2D eigenvalue weighted by Gasteiger charge is 2.05. The molecule has 72 valence electrons. The third kappa shape index (κ3) is 7.66. The summed E-state index contributed by atoms with van der Waals surface area (Å²) in [5.74, 6) is 0. The van der Waals surface area contributed by atoms with Gasteiger partial charge in [-0.15, -0.1) is 11.6 Å². The van der Waals surface area contributed by atoms with Gasteiger partial charge in [-0.25, -0.2) is 4.79 Å². The fraction of sp³-hybridized carbons (Fsp3) is 0.875. The van der Waals surface area contributed by atoms with E-state index >= 15 is 0 Å². The Morgan fingerprint density at radius 2 is 2.25 bits per heavy atom. The van der Waals surface area contributed by atoms with Gasteiger partial charge < -0.3 is 10.5 Å². The van der Waals surface area contributed by atoms with E-state index in [1.807, 2.05) is 0 Å². The van der Waals surface area contributed by atoms with E-state index in [-0.39, 0.29) is 12.0 Å². The van der Waals surface area contributed by atoms with Crippen LogP contribution in [0.4, 0.5) is 4.79 Å². The van der Waals surface area contributed by atoms with Crippen LogP contribution in [0.25, 0.3) is 0 Å². The van der Waals surface area contributed by atoms with Crippen molar-refractivity contribution in [1.82, 2.24) is 0 Å². The first-order valence-electron chi connectivity index (χ1n) is 4.23. The third-order valence-electron chi connectivity index (χ3n) is 1.53. The summed E-state index contributed by atoms with van der Waals surface area (Å²) in [4.78, 5) is 10.2. The van der Waals surface area contributed by atoms with E-state index in [9.17, 15) is 4.79 Å². The summed E-state index contributed by atoms with van der Waals surface area (Å²) >= 11 is 5.83. The Kier molecular flexibility index (Phi) is 6.96. The first kappa shape index (κ1) is 11.6. The van der Waals surface area contributed by atoms with Gasteiger partial charge in [-0.3, -0.25) is 0 Å². The van der Waals surface area contributed by atoms with Gasteiger partial charge >= 0.3 is 6.09 Å². The lowest BCUT2D eigenvalue weighted by Crippen LogP contribution is -2.18. The molecule has 1 atom stereocenters. The van der Waals surface area contributed by atoms with Crippen molar-refractivity contribution in [2.24, 2.45) is 5.73 Å². The summed E-state index contributed by atoms with van der Waals surface area (Å²) in [6.07, 6.45) is 3.53. The second kappa shape index (κ2) is 7.22. The van der Waals surface area contributed by atoms with E-state index in [1.165, 1.54) is 12.8 Å². The van der Waals surface area contributed by atoms with Crippen LogP contribution < -0.4 is 5.73 Å². The number of amides is 1. The minimum atomic E-state index is -0.754. The van der Waals surface area contributed by atoms with Crippen LogP contribution in [0.5, 0.6) is 0 Å². The molecule has 0 aliphatic heterocycles. The zero-order valence-corrected chi connectivity index (χ0v) is 8.14. The summed E-state index contributed by atoms with van der Waals surface area (Å²) in [6, 6.07) is 0. The SMILES string of the molecule is CCCCCC(Cl)COC(N)=O. The van der Waals surface area contributed by atoms with Crippen molar-refractivity contribution in [3.63, 3.8) is 0 Å². The van der Waals surface area contributed by atoms with Crippen molar-refractivity contribution in [3.05, 3.63) is 0 Å². The average Bonchev–Trinajstić information content (AvgIpc) is 2.01.